The number of hydrogen-bond acceptors (Lipinski definition) is 5. The molecule has 2 atom stereocenters. The molecule has 0 bridgehead atoms. The highest BCUT2D eigenvalue weighted by atomic mass is 32.1. The van der Waals surface area contributed by atoms with Gasteiger partial charge in [-0.1, -0.05) is 11.3 Å². The van der Waals surface area contributed by atoms with Crippen LogP contribution in [0.25, 0.3) is 0 Å². The van der Waals surface area contributed by atoms with E-state index in [0.29, 0.717) is 12.1 Å². The number of aromatic nitrogens is 2. The summed E-state index contributed by atoms with van der Waals surface area (Å²) in [4.78, 5) is 0. The van der Waals surface area contributed by atoms with Crippen molar-refractivity contribution in [1.82, 2.24) is 15.5 Å². The summed E-state index contributed by atoms with van der Waals surface area (Å²) in [5.74, 6) is 0. The molecule has 4 nitrogen and oxygen atoms in total. The average Bonchev–Trinajstić information content (AvgIpc) is 2.76. The van der Waals surface area contributed by atoms with Gasteiger partial charge in [-0.05, 0) is 32.7 Å². The molecule has 2 N–H and O–H groups in total. The molecule has 1 aromatic rings. The first-order valence-corrected chi connectivity index (χ1v) is 5.98. The third kappa shape index (κ3) is 2.65. The molecule has 14 heavy (non-hydrogen) atoms. The molecule has 0 aromatic carbocycles. The van der Waals surface area contributed by atoms with Gasteiger partial charge in [0.25, 0.3) is 0 Å². The maximum absolute atomic E-state index is 3.97. The lowest BCUT2D eigenvalue weighted by molar-refractivity contribution is 0.523. The molecule has 1 aliphatic heterocycles. The van der Waals surface area contributed by atoms with E-state index in [4.69, 9.17) is 0 Å². The summed E-state index contributed by atoms with van der Waals surface area (Å²) in [6.45, 7) is 3.37. The number of anilines is 1. The topological polar surface area (TPSA) is 49.8 Å². The molecule has 2 unspecified atom stereocenters. The first-order valence-electron chi connectivity index (χ1n) is 5.10. The Morgan fingerprint density at radius 3 is 3.36 bits per heavy atom. The highest BCUT2D eigenvalue weighted by molar-refractivity contribution is 7.13. The molecule has 0 saturated carbocycles. The van der Waals surface area contributed by atoms with Crippen molar-refractivity contribution in [3.8, 4) is 0 Å². The third-order valence-corrected chi connectivity index (χ3v) is 3.15. The van der Waals surface area contributed by atoms with Crippen LogP contribution in [0.5, 0.6) is 0 Å². The molecule has 2 rings (SSSR count). The molecule has 1 aromatic heterocycles. The maximum Gasteiger partial charge on any atom is 0.205 e. The van der Waals surface area contributed by atoms with Crippen LogP contribution in [0.4, 0.5) is 5.13 Å². The summed E-state index contributed by atoms with van der Waals surface area (Å²) in [7, 11) is 0. The maximum atomic E-state index is 3.97. The van der Waals surface area contributed by atoms with E-state index in [1.54, 1.807) is 16.8 Å². The van der Waals surface area contributed by atoms with Crippen LogP contribution in [0.15, 0.2) is 5.51 Å². The van der Waals surface area contributed by atoms with Crippen molar-refractivity contribution >= 4 is 16.5 Å². The first kappa shape index (κ1) is 9.86. The Morgan fingerprint density at radius 2 is 2.71 bits per heavy atom. The van der Waals surface area contributed by atoms with Gasteiger partial charge in [-0.15, -0.1) is 10.2 Å². The van der Waals surface area contributed by atoms with E-state index in [1.807, 2.05) is 0 Å². The van der Waals surface area contributed by atoms with E-state index in [1.165, 1.54) is 25.8 Å². The number of rotatable bonds is 4. The molecule has 1 fully saturated rings. The molecule has 5 heteroatoms. The SMILES string of the molecule is CC(CC1CCCN1)Nc1nncs1. The van der Waals surface area contributed by atoms with Crippen molar-refractivity contribution in [2.45, 2.75) is 38.3 Å². The van der Waals surface area contributed by atoms with Gasteiger partial charge in [-0.25, -0.2) is 0 Å². The third-order valence-electron chi connectivity index (χ3n) is 2.53. The van der Waals surface area contributed by atoms with Crippen LogP contribution in [0.2, 0.25) is 0 Å². The van der Waals surface area contributed by atoms with Crippen LogP contribution < -0.4 is 10.6 Å². The largest absolute Gasteiger partial charge is 0.358 e. The molecular formula is C9H16N4S. The molecule has 0 amide bonds. The van der Waals surface area contributed by atoms with Crippen LogP contribution in [0.1, 0.15) is 26.2 Å². The smallest absolute Gasteiger partial charge is 0.205 e. The predicted octanol–water partition coefficient (Wildman–Crippen LogP) is 1.48. The molecule has 0 aliphatic carbocycles. The van der Waals surface area contributed by atoms with Gasteiger partial charge in [-0.3, -0.25) is 0 Å². The highest BCUT2D eigenvalue weighted by Gasteiger charge is 2.17. The van der Waals surface area contributed by atoms with Crippen molar-refractivity contribution in [3.63, 3.8) is 0 Å². The monoisotopic (exact) mass is 212 g/mol. The van der Waals surface area contributed by atoms with Gasteiger partial charge in [0, 0.05) is 12.1 Å². The van der Waals surface area contributed by atoms with E-state index >= 15 is 0 Å². The highest BCUT2D eigenvalue weighted by Crippen LogP contribution is 2.15. The minimum Gasteiger partial charge on any atom is -0.358 e. The van der Waals surface area contributed by atoms with Gasteiger partial charge in [0.2, 0.25) is 5.13 Å². The molecule has 1 saturated heterocycles. The van der Waals surface area contributed by atoms with Gasteiger partial charge in [0.15, 0.2) is 0 Å². The molecule has 78 valence electrons. The van der Waals surface area contributed by atoms with Crippen LogP contribution in [-0.2, 0) is 0 Å². The molecule has 0 radical (unpaired) electrons. The quantitative estimate of drug-likeness (QED) is 0.793. The summed E-state index contributed by atoms with van der Waals surface area (Å²) in [5.41, 5.74) is 1.75. The normalized spacial score (nSPS) is 23.6. The van der Waals surface area contributed by atoms with E-state index in [9.17, 15) is 0 Å². The lowest BCUT2D eigenvalue weighted by atomic mass is 10.1. The lowest BCUT2D eigenvalue weighted by Gasteiger charge is -2.17. The number of nitrogens with one attached hydrogen (secondary N) is 2. The van der Waals surface area contributed by atoms with Gasteiger partial charge < -0.3 is 10.6 Å². The van der Waals surface area contributed by atoms with Gasteiger partial charge >= 0.3 is 0 Å². The summed E-state index contributed by atoms with van der Waals surface area (Å²) in [6.07, 6.45) is 3.79. The zero-order valence-corrected chi connectivity index (χ0v) is 9.18. The van der Waals surface area contributed by atoms with Crippen LogP contribution >= 0.6 is 11.3 Å². The van der Waals surface area contributed by atoms with Crippen molar-refractivity contribution < 1.29 is 0 Å². The Hall–Kier alpha value is -0.680. The van der Waals surface area contributed by atoms with E-state index < -0.39 is 0 Å². The second-order valence-electron chi connectivity index (χ2n) is 3.82. The summed E-state index contributed by atoms with van der Waals surface area (Å²) in [6, 6.07) is 1.16. The van der Waals surface area contributed by atoms with Crippen molar-refractivity contribution in [2.24, 2.45) is 0 Å². The fourth-order valence-electron chi connectivity index (χ4n) is 1.89. The zero-order chi connectivity index (χ0) is 9.80. The minimum atomic E-state index is 0.471. The minimum absolute atomic E-state index is 0.471. The number of hydrogen-bond donors (Lipinski definition) is 2. The van der Waals surface area contributed by atoms with Gasteiger partial charge in [-0.2, -0.15) is 0 Å². The fourth-order valence-corrected chi connectivity index (χ4v) is 2.45. The summed E-state index contributed by atoms with van der Waals surface area (Å²) >= 11 is 1.56. The molecule has 1 aliphatic rings. The Labute approximate surface area is 88.1 Å². The number of nitrogens with zero attached hydrogens (tertiary/aromatic N) is 2. The Morgan fingerprint density at radius 1 is 1.79 bits per heavy atom. The van der Waals surface area contributed by atoms with Crippen molar-refractivity contribution in [2.75, 3.05) is 11.9 Å². The van der Waals surface area contributed by atoms with E-state index in [-0.39, 0.29) is 0 Å². The fraction of sp³-hybridized carbons (Fsp3) is 0.778. The van der Waals surface area contributed by atoms with Gasteiger partial charge in [0.1, 0.15) is 5.51 Å². The summed E-state index contributed by atoms with van der Waals surface area (Å²) in [5, 5.41) is 15.5. The van der Waals surface area contributed by atoms with Crippen molar-refractivity contribution in [1.29, 1.82) is 0 Å². The second-order valence-corrected chi connectivity index (χ2v) is 4.65. The second kappa shape index (κ2) is 4.70. The van der Waals surface area contributed by atoms with Crippen molar-refractivity contribution in [3.05, 3.63) is 5.51 Å². The zero-order valence-electron chi connectivity index (χ0n) is 8.36. The van der Waals surface area contributed by atoms with Crippen LogP contribution in [-0.4, -0.2) is 28.8 Å². The standard InChI is InChI=1S/C9H16N4S/c1-7(5-8-3-2-4-10-8)12-9-13-11-6-14-9/h6-8,10H,2-5H2,1H3,(H,12,13). The lowest BCUT2D eigenvalue weighted by Crippen LogP contribution is -2.29. The molecule has 0 spiro atoms. The van der Waals surface area contributed by atoms with Crippen LogP contribution in [0.3, 0.4) is 0 Å². The predicted molar refractivity (Wildman–Crippen MR) is 58.6 cm³/mol. The van der Waals surface area contributed by atoms with Crippen LogP contribution in [0, 0.1) is 0 Å². The Kier molecular flexibility index (Phi) is 3.31. The molecular weight excluding hydrogens is 196 g/mol. The Bertz CT molecular complexity index is 256. The van der Waals surface area contributed by atoms with E-state index in [0.717, 1.165) is 5.13 Å². The summed E-state index contributed by atoms with van der Waals surface area (Å²) < 4.78 is 0. The van der Waals surface area contributed by atoms with E-state index in [2.05, 4.69) is 27.8 Å². The average molecular weight is 212 g/mol. The Balaban J connectivity index is 1.75. The van der Waals surface area contributed by atoms with Gasteiger partial charge in [0.05, 0.1) is 0 Å². The first-order chi connectivity index (χ1) is 6.84. The molecule has 2 heterocycles.